The van der Waals surface area contributed by atoms with Gasteiger partial charge in [-0.1, -0.05) is 13.0 Å². The van der Waals surface area contributed by atoms with E-state index < -0.39 is 0 Å². The third-order valence-corrected chi connectivity index (χ3v) is 6.92. The number of methoxy groups -OCH3 is 1. The Morgan fingerprint density at radius 3 is 2.74 bits per heavy atom. The number of aromatic hydroxyl groups is 1. The number of hydrogen-bond donors (Lipinski definition) is 3. The number of rotatable bonds is 7. The number of carbonyl (C=O) groups excluding carboxylic acids is 1. The van der Waals surface area contributed by atoms with Crippen LogP contribution in [0.1, 0.15) is 41.0 Å². The highest BCUT2D eigenvalue weighted by atomic mass is 16.5. The highest BCUT2D eigenvalue weighted by Crippen LogP contribution is 2.45. The zero-order chi connectivity index (χ0) is 26.2. The maximum absolute atomic E-state index is 12.8. The summed E-state index contributed by atoms with van der Waals surface area (Å²) in [5.74, 6) is 2.02. The summed E-state index contributed by atoms with van der Waals surface area (Å²) in [7, 11) is 1.57. The molecule has 0 spiro atoms. The lowest BCUT2D eigenvalue weighted by molar-refractivity contribution is 0.0950. The Labute approximate surface area is 219 Å². The number of nitrogens with one attached hydrogen (secondary N) is 2. The van der Waals surface area contributed by atoms with Gasteiger partial charge in [0.05, 0.1) is 47.8 Å². The molecule has 6 rings (SSSR count). The van der Waals surface area contributed by atoms with Gasteiger partial charge in [-0.25, -0.2) is 9.97 Å². The number of H-pyrrole nitrogens is 1. The lowest BCUT2D eigenvalue weighted by Crippen LogP contribution is -2.23. The van der Waals surface area contributed by atoms with Crippen molar-refractivity contribution >= 4 is 16.9 Å². The molecule has 1 aliphatic carbocycles. The summed E-state index contributed by atoms with van der Waals surface area (Å²) in [5.41, 5.74) is 5.72. The van der Waals surface area contributed by atoms with Crippen molar-refractivity contribution in [3.63, 3.8) is 0 Å². The molecule has 1 saturated carbocycles. The van der Waals surface area contributed by atoms with E-state index in [1.165, 1.54) is 0 Å². The van der Waals surface area contributed by atoms with Crippen LogP contribution in [0.15, 0.2) is 67.1 Å². The number of amides is 1. The van der Waals surface area contributed by atoms with Gasteiger partial charge in [0.2, 0.25) is 5.88 Å². The molecular formula is C29H26N6O3. The molecule has 1 amide bonds. The summed E-state index contributed by atoms with van der Waals surface area (Å²) in [5, 5.41) is 13.5. The number of pyridine rings is 1. The average Bonchev–Trinajstić information content (AvgIpc) is 3.53. The molecule has 2 aromatic carbocycles. The Morgan fingerprint density at radius 1 is 1.11 bits per heavy atom. The van der Waals surface area contributed by atoms with Crippen LogP contribution in [0.25, 0.3) is 33.5 Å². The third-order valence-electron chi connectivity index (χ3n) is 6.92. The summed E-state index contributed by atoms with van der Waals surface area (Å²) >= 11 is 0. The monoisotopic (exact) mass is 506 g/mol. The number of hydrogen-bond acceptors (Lipinski definition) is 7. The quantitative estimate of drug-likeness (QED) is 0.288. The van der Waals surface area contributed by atoms with Crippen LogP contribution in [-0.2, 0) is 6.54 Å². The van der Waals surface area contributed by atoms with E-state index in [0.717, 1.165) is 23.2 Å². The first kappa shape index (κ1) is 23.6. The summed E-state index contributed by atoms with van der Waals surface area (Å²) < 4.78 is 5.39. The highest BCUT2D eigenvalue weighted by molar-refractivity contribution is 5.97. The molecule has 3 heterocycles. The first-order chi connectivity index (χ1) is 18.5. The van der Waals surface area contributed by atoms with E-state index in [0.29, 0.717) is 51.4 Å². The number of phenolic OH excluding ortho intramolecular Hbond substituents is 1. The SMILES string of the molecule is COc1ncccc1-c1ccc(O)c(-c2nc3ccc(C(=O)NCc4cnc(C5CC5C)cn4)cc3[nH]2)c1. The van der Waals surface area contributed by atoms with E-state index in [9.17, 15) is 9.90 Å². The van der Waals surface area contributed by atoms with Crippen molar-refractivity contribution in [2.24, 2.45) is 5.92 Å². The number of phenols is 1. The Kier molecular flexibility index (Phi) is 5.95. The number of carbonyl (C=O) groups is 1. The van der Waals surface area contributed by atoms with E-state index >= 15 is 0 Å². The van der Waals surface area contributed by atoms with E-state index in [1.807, 2.05) is 24.4 Å². The number of nitrogens with zero attached hydrogens (tertiary/aromatic N) is 4. The number of fused-ring (bicyclic) bond motifs is 1. The smallest absolute Gasteiger partial charge is 0.251 e. The molecule has 9 heteroatoms. The number of ether oxygens (including phenoxy) is 1. The maximum atomic E-state index is 12.8. The van der Waals surface area contributed by atoms with Gasteiger partial charge in [0.15, 0.2) is 0 Å². The molecule has 0 aliphatic heterocycles. The lowest BCUT2D eigenvalue weighted by Gasteiger charge is -2.09. The standard InChI is InChI=1S/C29H26N6O3/c1-16-10-21(16)25-15-31-19(13-32-25)14-33-28(37)18-5-7-23-24(12-18)35-27(34-23)22-11-17(6-8-26(22)36)20-4-3-9-30-29(20)38-2/h3-9,11-13,15-16,21,36H,10,14H2,1-2H3,(H,33,37)(H,34,35). The fourth-order valence-corrected chi connectivity index (χ4v) is 4.60. The van der Waals surface area contributed by atoms with Gasteiger partial charge in [-0.15, -0.1) is 0 Å². The molecule has 0 bridgehead atoms. The largest absolute Gasteiger partial charge is 0.507 e. The molecule has 3 N–H and O–H groups in total. The molecule has 1 fully saturated rings. The van der Waals surface area contributed by atoms with Crippen LogP contribution in [0.4, 0.5) is 0 Å². The molecule has 1 aliphatic rings. The van der Waals surface area contributed by atoms with Crippen molar-refractivity contribution in [2.45, 2.75) is 25.8 Å². The first-order valence-electron chi connectivity index (χ1n) is 12.4. The molecule has 190 valence electrons. The molecule has 0 radical (unpaired) electrons. The normalized spacial score (nSPS) is 16.4. The van der Waals surface area contributed by atoms with Gasteiger partial charge in [0.1, 0.15) is 11.6 Å². The van der Waals surface area contributed by atoms with Crippen molar-refractivity contribution in [1.82, 2.24) is 30.2 Å². The summed E-state index contributed by atoms with van der Waals surface area (Å²) in [4.78, 5) is 33.9. The summed E-state index contributed by atoms with van der Waals surface area (Å²) in [6, 6.07) is 14.2. The van der Waals surface area contributed by atoms with Crippen molar-refractivity contribution in [1.29, 1.82) is 0 Å². The molecule has 2 unspecified atom stereocenters. The predicted octanol–water partition coefficient (Wildman–Crippen LogP) is 4.85. The molecular weight excluding hydrogens is 480 g/mol. The van der Waals surface area contributed by atoms with Crippen molar-refractivity contribution < 1.29 is 14.6 Å². The van der Waals surface area contributed by atoms with E-state index in [-0.39, 0.29) is 18.2 Å². The van der Waals surface area contributed by atoms with Crippen molar-refractivity contribution in [3.8, 4) is 34.1 Å². The molecule has 0 saturated heterocycles. The first-order valence-corrected chi connectivity index (χ1v) is 12.4. The van der Waals surface area contributed by atoms with Crippen molar-refractivity contribution in [2.75, 3.05) is 7.11 Å². The maximum Gasteiger partial charge on any atom is 0.251 e. The number of benzene rings is 2. The van der Waals surface area contributed by atoms with Crippen LogP contribution in [-0.4, -0.2) is 43.0 Å². The summed E-state index contributed by atoms with van der Waals surface area (Å²) in [6.07, 6.45) is 6.36. The zero-order valence-corrected chi connectivity index (χ0v) is 21.0. The van der Waals surface area contributed by atoms with Gasteiger partial charge in [-0.05, 0) is 60.4 Å². The van der Waals surface area contributed by atoms with Gasteiger partial charge < -0.3 is 20.1 Å². The number of imidazole rings is 1. The van der Waals surface area contributed by atoms with E-state index in [2.05, 4.69) is 37.2 Å². The van der Waals surface area contributed by atoms with Gasteiger partial charge in [-0.2, -0.15) is 0 Å². The minimum atomic E-state index is -0.224. The molecule has 3 aromatic heterocycles. The van der Waals surface area contributed by atoms with Crippen molar-refractivity contribution in [3.05, 3.63) is 84.1 Å². The highest BCUT2D eigenvalue weighted by Gasteiger charge is 2.35. The van der Waals surface area contributed by atoms with Gasteiger partial charge >= 0.3 is 0 Å². The number of aromatic nitrogens is 5. The van der Waals surface area contributed by atoms with Gasteiger partial charge in [-0.3, -0.25) is 14.8 Å². The zero-order valence-electron chi connectivity index (χ0n) is 21.0. The average molecular weight is 507 g/mol. The Bertz CT molecular complexity index is 1650. The summed E-state index contributed by atoms with van der Waals surface area (Å²) in [6.45, 7) is 2.50. The molecule has 2 atom stereocenters. The molecule has 38 heavy (non-hydrogen) atoms. The second kappa shape index (κ2) is 9.59. The van der Waals surface area contributed by atoms with Gasteiger partial charge in [0.25, 0.3) is 5.91 Å². The molecule has 5 aromatic rings. The van der Waals surface area contributed by atoms with Crippen LogP contribution in [0.5, 0.6) is 11.6 Å². The fraction of sp³-hybridized carbons (Fsp3) is 0.207. The van der Waals surface area contributed by atoms with Crippen LogP contribution < -0.4 is 10.1 Å². The predicted molar refractivity (Wildman–Crippen MR) is 143 cm³/mol. The molecule has 9 nitrogen and oxygen atoms in total. The van der Waals surface area contributed by atoms with Crippen LogP contribution >= 0.6 is 0 Å². The van der Waals surface area contributed by atoms with Crippen LogP contribution in [0.2, 0.25) is 0 Å². The lowest BCUT2D eigenvalue weighted by atomic mass is 10.0. The van der Waals surface area contributed by atoms with Crippen LogP contribution in [0, 0.1) is 5.92 Å². The van der Waals surface area contributed by atoms with Gasteiger partial charge in [0, 0.05) is 29.4 Å². The minimum absolute atomic E-state index is 0.0805. The van der Waals surface area contributed by atoms with E-state index in [1.54, 1.807) is 49.8 Å². The van der Waals surface area contributed by atoms with E-state index in [4.69, 9.17) is 4.74 Å². The second-order valence-corrected chi connectivity index (χ2v) is 9.54. The topological polar surface area (TPSA) is 126 Å². The fourth-order valence-electron chi connectivity index (χ4n) is 4.60. The Hall–Kier alpha value is -4.79. The third kappa shape index (κ3) is 4.54. The van der Waals surface area contributed by atoms with Crippen LogP contribution in [0.3, 0.4) is 0 Å². The number of aromatic amines is 1. The Morgan fingerprint density at radius 2 is 1.97 bits per heavy atom. The minimum Gasteiger partial charge on any atom is -0.507 e. The second-order valence-electron chi connectivity index (χ2n) is 9.54. The Balaban J connectivity index is 1.21.